The molecule has 0 aliphatic rings. The van der Waals surface area contributed by atoms with Crippen molar-refractivity contribution in [1.29, 1.82) is 0 Å². The number of nitrogens with one attached hydrogen (secondary N) is 1. The average Bonchev–Trinajstić information content (AvgIpc) is 2.56. The summed E-state index contributed by atoms with van der Waals surface area (Å²) in [5, 5.41) is 3.13. The van der Waals surface area contributed by atoms with Crippen LogP contribution >= 0.6 is 0 Å². The van der Waals surface area contributed by atoms with E-state index in [1.165, 1.54) is 24.9 Å². The molecule has 1 N–H and O–H groups in total. The molecule has 3 rings (SSSR count). The van der Waals surface area contributed by atoms with Gasteiger partial charge in [0.2, 0.25) is 0 Å². The number of rotatable bonds is 4. The molecule has 1 aromatic carbocycles. The summed E-state index contributed by atoms with van der Waals surface area (Å²) < 4.78 is 5.29. The van der Waals surface area contributed by atoms with Crippen LogP contribution in [-0.4, -0.2) is 25.9 Å². The van der Waals surface area contributed by atoms with Gasteiger partial charge in [-0.15, -0.1) is 0 Å². The third-order valence-corrected chi connectivity index (χ3v) is 2.89. The highest BCUT2D eigenvalue weighted by molar-refractivity contribution is 5.88. The Morgan fingerprint density at radius 1 is 1.13 bits per heavy atom. The van der Waals surface area contributed by atoms with Crippen LogP contribution in [0.4, 0.5) is 11.5 Å². The minimum atomic E-state index is -0.562. The number of hydrogen-bond acceptors (Lipinski definition) is 7. The molecule has 0 spiro atoms. The average molecular weight is 307 g/mol. The molecule has 0 bridgehead atoms. The lowest BCUT2D eigenvalue weighted by Gasteiger charge is -2.08. The van der Waals surface area contributed by atoms with E-state index in [1.54, 1.807) is 18.2 Å². The van der Waals surface area contributed by atoms with Gasteiger partial charge in [0.15, 0.2) is 5.69 Å². The van der Waals surface area contributed by atoms with Crippen LogP contribution in [0.25, 0.3) is 0 Å². The zero-order valence-electron chi connectivity index (χ0n) is 12.3. The van der Waals surface area contributed by atoms with E-state index in [9.17, 15) is 4.79 Å². The summed E-state index contributed by atoms with van der Waals surface area (Å²) in [4.78, 5) is 27.9. The van der Waals surface area contributed by atoms with Crippen molar-refractivity contribution in [3.63, 3.8) is 0 Å². The first kappa shape index (κ1) is 14.6. The summed E-state index contributed by atoms with van der Waals surface area (Å²) in [7, 11) is 0. The van der Waals surface area contributed by atoms with Crippen molar-refractivity contribution in [2.75, 3.05) is 5.32 Å². The van der Waals surface area contributed by atoms with Crippen LogP contribution in [0.1, 0.15) is 16.2 Å². The second-order valence-electron chi connectivity index (χ2n) is 4.68. The van der Waals surface area contributed by atoms with Crippen LogP contribution in [0.5, 0.6) is 5.75 Å². The number of hydrogen-bond donors (Lipinski definition) is 1. The Morgan fingerprint density at radius 2 is 2.04 bits per heavy atom. The maximum absolute atomic E-state index is 12.0. The lowest BCUT2D eigenvalue weighted by molar-refractivity contribution is 0.0728. The molecule has 0 aliphatic heterocycles. The summed E-state index contributed by atoms with van der Waals surface area (Å²) >= 11 is 0. The lowest BCUT2D eigenvalue weighted by atomic mass is 10.3. The van der Waals surface area contributed by atoms with Gasteiger partial charge in [0, 0.05) is 35.9 Å². The summed E-state index contributed by atoms with van der Waals surface area (Å²) in [6, 6.07) is 8.82. The van der Waals surface area contributed by atoms with Gasteiger partial charge in [-0.25, -0.2) is 19.7 Å². The molecule has 7 nitrogen and oxygen atoms in total. The Morgan fingerprint density at radius 3 is 2.83 bits per heavy atom. The van der Waals surface area contributed by atoms with Crippen molar-refractivity contribution in [3.05, 3.63) is 66.6 Å². The first-order valence-electron chi connectivity index (χ1n) is 6.84. The molecular formula is C16H13N5O2. The molecule has 2 aromatic heterocycles. The molecule has 23 heavy (non-hydrogen) atoms. The van der Waals surface area contributed by atoms with Crippen LogP contribution in [0.2, 0.25) is 0 Å². The standard InChI is InChI=1S/C16H13N5O2/c1-11-7-15(20-10-19-11)21-12-3-2-4-13(8-12)23-16(22)14-9-17-5-6-18-14/h2-10H,1H3,(H,19,20,21). The third kappa shape index (κ3) is 3.85. The van der Waals surface area contributed by atoms with E-state index in [1.807, 2.05) is 19.1 Å². The van der Waals surface area contributed by atoms with Gasteiger partial charge < -0.3 is 10.1 Å². The predicted octanol–water partition coefficient (Wildman–Crippen LogP) is 2.54. The fourth-order valence-corrected chi connectivity index (χ4v) is 1.87. The fourth-order valence-electron chi connectivity index (χ4n) is 1.87. The number of aryl methyl sites for hydroxylation is 1. The smallest absolute Gasteiger partial charge is 0.363 e. The molecule has 0 saturated carbocycles. The van der Waals surface area contributed by atoms with Gasteiger partial charge in [0.25, 0.3) is 0 Å². The van der Waals surface area contributed by atoms with E-state index in [4.69, 9.17) is 4.74 Å². The van der Waals surface area contributed by atoms with E-state index in [0.717, 1.165) is 11.4 Å². The highest BCUT2D eigenvalue weighted by Crippen LogP contribution is 2.21. The summed E-state index contributed by atoms with van der Waals surface area (Å²) in [6.07, 6.45) is 5.76. The van der Waals surface area contributed by atoms with Crippen LogP contribution in [-0.2, 0) is 0 Å². The van der Waals surface area contributed by atoms with Crippen LogP contribution in [0, 0.1) is 6.92 Å². The fraction of sp³-hybridized carbons (Fsp3) is 0.0625. The Balaban J connectivity index is 1.74. The van der Waals surface area contributed by atoms with Crippen molar-refractivity contribution < 1.29 is 9.53 Å². The van der Waals surface area contributed by atoms with E-state index in [-0.39, 0.29) is 5.69 Å². The zero-order chi connectivity index (χ0) is 16.1. The van der Waals surface area contributed by atoms with E-state index < -0.39 is 5.97 Å². The Kier molecular flexibility index (Phi) is 4.19. The molecule has 0 amide bonds. The summed E-state index contributed by atoms with van der Waals surface area (Å²) in [5.41, 5.74) is 1.75. The van der Waals surface area contributed by atoms with Crippen molar-refractivity contribution in [1.82, 2.24) is 19.9 Å². The predicted molar refractivity (Wildman–Crippen MR) is 83.5 cm³/mol. The van der Waals surface area contributed by atoms with E-state index in [2.05, 4.69) is 25.3 Å². The number of benzene rings is 1. The molecular weight excluding hydrogens is 294 g/mol. The minimum Gasteiger partial charge on any atom is -0.422 e. The monoisotopic (exact) mass is 307 g/mol. The highest BCUT2D eigenvalue weighted by atomic mass is 16.5. The molecule has 0 fully saturated rings. The molecule has 114 valence electrons. The number of carbonyl (C=O) groups excluding carboxylic acids is 1. The van der Waals surface area contributed by atoms with Gasteiger partial charge >= 0.3 is 5.97 Å². The van der Waals surface area contributed by atoms with Crippen LogP contribution in [0.3, 0.4) is 0 Å². The molecule has 0 saturated heterocycles. The van der Waals surface area contributed by atoms with Crippen molar-refractivity contribution >= 4 is 17.5 Å². The molecule has 3 aromatic rings. The first-order chi connectivity index (χ1) is 11.2. The molecule has 0 unspecified atom stereocenters. The van der Waals surface area contributed by atoms with Crippen molar-refractivity contribution in [2.45, 2.75) is 6.92 Å². The van der Waals surface area contributed by atoms with Gasteiger partial charge in [0.05, 0.1) is 6.20 Å². The maximum Gasteiger partial charge on any atom is 0.363 e. The Hall–Kier alpha value is -3.35. The molecule has 7 heteroatoms. The SMILES string of the molecule is Cc1cc(Nc2cccc(OC(=O)c3cnccn3)c2)ncn1. The number of carbonyl (C=O) groups is 1. The van der Waals surface area contributed by atoms with Crippen LogP contribution in [0.15, 0.2) is 55.2 Å². The number of ether oxygens (including phenoxy) is 1. The van der Waals surface area contributed by atoms with E-state index in [0.29, 0.717) is 11.6 Å². The number of esters is 1. The Bertz CT molecular complexity index is 823. The Labute approximate surface area is 132 Å². The largest absolute Gasteiger partial charge is 0.422 e. The lowest BCUT2D eigenvalue weighted by Crippen LogP contribution is -2.10. The second-order valence-corrected chi connectivity index (χ2v) is 4.68. The van der Waals surface area contributed by atoms with Crippen molar-refractivity contribution in [3.8, 4) is 5.75 Å². The second kappa shape index (κ2) is 6.61. The van der Waals surface area contributed by atoms with Gasteiger partial charge in [-0.3, -0.25) is 4.98 Å². The van der Waals surface area contributed by atoms with Crippen LogP contribution < -0.4 is 10.1 Å². The van der Waals surface area contributed by atoms with Crippen molar-refractivity contribution in [2.24, 2.45) is 0 Å². The molecule has 0 radical (unpaired) electrons. The normalized spacial score (nSPS) is 10.1. The molecule has 0 atom stereocenters. The van der Waals surface area contributed by atoms with E-state index >= 15 is 0 Å². The summed E-state index contributed by atoms with van der Waals surface area (Å²) in [5.74, 6) is 0.500. The third-order valence-electron chi connectivity index (χ3n) is 2.89. The topological polar surface area (TPSA) is 89.9 Å². The number of aromatic nitrogens is 4. The van der Waals surface area contributed by atoms with Gasteiger partial charge in [-0.2, -0.15) is 0 Å². The molecule has 0 aliphatic carbocycles. The number of anilines is 2. The summed E-state index contributed by atoms with van der Waals surface area (Å²) in [6.45, 7) is 1.88. The molecule has 2 heterocycles. The minimum absolute atomic E-state index is 0.150. The van der Waals surface area contributed by atoms with Gasteiger partial charge in [-0.05, 0) is 19.1 Å². The quantitative estimate of drug-likeness (QED) is 0.585. The van der Waals surface area contributed by atoms with Gasteiger partial charge in [0.1, 0.15) is 17.9 Å². The maximum atomic E-state index is 12.0. The highest BCUT2D eigenvalue weighted by Gasteiger charge is 2.10. The zero-order valence-corrected chi connectivity index (χ0v) is 12.3. The number of nitrogens with zero attached hydrogens (tertiary/aromatic N) is 4. The van der Waals surface area contributed by atoms with Gasteiger partial charge in [-0.1, -0.05) is 6.07 Å². The first-order valence-corrected chi connectivity index (χ1v) is 6.84.